The normalized spacial score (nSPS) is 11.7. The number of fused-ring (bicyclic) bond motifs is 3. The highest BCUT2D eigenvalue weighted by Crippen LogP contribution is 2.25. The third-order valence-corrected chi connectivity index (χ3v) is 4.27. The summed E-state index contributed by atoms with van der Waals surface area (Å²) in [6.45, 7) is 4.30. The van der Waals surface area contributed by atoms with E-state index in [1.165, 1.54) is 0 Å². The van der Waals surface area contributed by atoms with Crippen molar-refractivity contribution in [2.75, 3.05) is 0 Å². The fraction of sp³-hybridized carbons (Fsp3) is 0.200. The lowest BCUT2D eigenvalue weighted by Crippen LogP contribution is -2.04. The summed E-state index contributed by atoms with van der Waals surface area (Å²) < 4.78 is 3.50. The molecule has 0 saturated heterocycles. The molecule has 0 radical (unpaired) electrons. The van der Waals surface area contributed by atoms with E-state index in [-0.39, 0.29) is 0 Å². The van der Waals surface area contributed by atoms with Crippen molar-refractivity contribution in [1.82, 2.24) is 29.4 Å². The quantitative estimate of drug-likeness (QED) is 0.557. The van der Waals surface area contributed by atoms with Crippen LogP contribution >= 0.6 is 23.2 Å². The molecule has 8 heteroatoms. The van der Waals surface area contributed by atoms with Crippen LogP contribution in [0.25, 0.3) is 16.7 Å². The van der Waals surface area contributed by atoms with Crippen LogP contribution < -0.4 is 0 Å². The Morgan fingerprint density at radius 1 is 1.09 bits per heavy atom. The van der Waals surface area contributed by atoms with E-state index in [1.54, 1.807) is 16.9 Å². The van der Waals surface area contributed by atoms with Crippen molar-refractivity contribution < 1.29 is 0 Å². The standard InChI is InChI=1S/C15H12Cl2N6/c1-8-13-14(18-7-23-15(13)19-9(2)21-23)22(20-8)6-10-3-4-11(16)5-12(10)17/h3-5,7H,6H2,1-2H3. The molecular weight excluding hydrogens is 335 g/mol. The number of hydrogen-bond donors (Lipinski definition) is 0. The highest BCUT2D eigenvalue weighted by molar-refractivity contribution is 6.35. The van der Waals surface area contributed by atoms with Crippen LogP contribution in [-0.2, 0) is 6.54 Å². The minimum atomic E-state index is 0.511. The van der Waals surface area contributed by atoms with Crippen LogP contribution in [0.15, 0.2) is 24.5 Å². The number of nitrogens with zero attached hydrogens (tertiary/aromatic N) is 6. The molecule has 6 nitrogen and oxygen atoms in total. The summed E-state index contributed by atoms with van der Waals surface area (Å²) in [7, 11) is 0. The largest absolute Gasteiger partial charge is 0.242 e. The minimum absolute atomic E-state index is 0.511. The lowest BCUT2D eigenvalue weighted by Gasteiger charge is -2.06. The Labute approximate surface area is 141 Å². The fourth-order valence-electron chi connectivity index (χ4n) is 2.67. The van der Waals surface area contributed by atoms with E-state index in [2.05, 4.69) is 20.2 Å². The van der Waals surface area contributed by atoms with E-state index in [0.29, 0.717) is 22.4 Å². The zero-order chi connectivity index (χ0) is 16.1. The molecule has 0 aliphatic carbocycles. The Morgan fingerprint density at radius 3 is 2.70 bits per heavy atom. The molecule has 4 rings (SSSR count). The SMILES string of the molecule is Cc1nc2c3c(C)nn(Cc4ccc(Cl)cc4Cl)c3ncn2n1. The lowest BCUT2D eigenvalue weighted by atomic mass is 10.2. The molecule has 0 atom stereocenters. The minimum Gasteiger partial charge on any atom is -0.242 e. The average Bonchev–Trinajstić information content (AvgIpc) is 3.01. The maximum atomic E-state index is 6.26. The first-order chi connectivity index (χ1) is 11.0. The van der Waals surface area contributed by atoms with Crippen molar-refractivity contribution in [3.63, 3.8) is 0 Å². The predicted octanol–water partition coefficient (Wildman–Crippen LogP) is 3.45. The molecule has 0 saturated carbocycles. The smallest absolute Gasteiger partial charge is 0.170 e. The monoisotopic (exact) mass is 346 g/mol. The summed E-state index contributed by atoms with van der Waals surface area (Å²) in [6, 6.07) is 5.44. The van der Waals surface area contributed by atoms with Gasteiger partial charge in [0.1, 0.15) is 12.2 Å². The highest BCUT2D eigenvalue weighted by atomic mass is 35.5. The molecule has 0 aliphatic heterocycles. The molecule has 0 bridgehead atoms. The Morgan fingerprint density at radius 2 is 1.91 bits per heavy atom. The van der Waals surface area contributed by atoms with Crippen LogP contribution in [0.2, 0.25) is 10.0 Å². The first-order valence-corrected chi connectivity index (χ1v) is 7.77. The van der Waals surface area contributed by atoms with E-state index >= 15 is 0 Å². The molecule has 1 aromatic carbocycles. The number of aryl methyl sites for hydroxylation is 2. The van der Waals surface area contributed by atoms with Crippen molar-refractivity contribution in [3.8, 4) is 0 Å². The Balaban J connectivity index is 1.89. The van der Waals surface area contributed by atoms with Crippen LogP contribution in [0.4, 0.5) is 0 Å². The van der Waals surface area contributed by atoms with Gasteiger partial charge in [-0.1, -0.05) is 29.3 Å². The third-order valence-electron chi connectivity index (χ3n) is 3.69. The van der Waals surface area contributed by atoms with Gasteiger partial charge in [-0.25, -0.2) is 19.2 Å². The second-order valence-electron chi connectivity index (χ2n) is 5.35. The molecule has 116 valence electrons. The van der Waals surface area contributed by atoms with Gasteiger partial charge in [0.15, 0.2) is 11.3 Å². The summed E-state index contributed by atoms with van der Waals surface area (Å²) in [4.78, 5) is 8.95. The van der Waals surface area contributed by atoms with Crippen molar-refractivity contribution in [2.24, 2.45) is 0 Å². The van der Waals surface area contributed by atoms with Gasteiger partial charge in [0.25, 0.3) is 0 Å². The van der Waals surface area contributed by atoms with Gasteiger partial charge >= 0.3 is 0 Å². The van der Waals surface area contributed by atoms with Gasteiger partial charge in [-0.05, 0) is 31.5 Å². The van der Waals surface area contributed by atoms with Gasteiger partial charge in [0, 0.05) is 10.0 Å². The van der Waals surface area contributed by atoms with Crippen LogP contribution in [0.5, 0.6) is 0 Å². The highest BCUT2D eigenvalue weighted by Gasteiger charge is 2.16. The van der Waals surface area contributed by atoms with Gasteiger partial charge in [-0.3, -0.25) is 0 Å². The molecule has 0 fully saturated rings. The molecular formula is C15H12Cl2N6. The average molecular weight is 347 g/mol. The van der Waals surface area contributed by atoms with Gasteiger partial charge < -0.3 is 0 Å². The van der Waals surface area contributed by atoms with Crippen LogP contribution in [0, 0.1) is 13.8 Å². The molecule has 23 heavy (non-hydrogen) atoms. The maximum Gasteiger partial charge on any atom is 0.170 e. The summed E-state index contributed by atoms with van der Waals surface area (Å²) in [5.74, 6) is 0.701. The number of aromatic nitrogens is 6. The Hall–Kier alpha value is -2.18. The van der Waals surface area contributed by atoms with Crippen molar-refractivity contribution >= 4 is 39.9 Å². The fourth-order valence-corrected chi connectivity index (χ4v) is 3.14. The van der Waals surface area contributed by atoms with E-state index < -0.39 is 0 Å². The van der Waals surface area contributed by atoms with Crippen LogP contribution in [0.1, 0.15) is 17.1 Å². The zero-order valence-corrected chi connectivity index (χ0v) is 14.0. The molecule has 0 spiro atoms. The number of rotatable bonds is 2. The molecule has 0 N–H and O–H groups in total. The second kappa shape index (κ2) is 5.18. The van der Waals surface area contributed by atoms with Crippen molar-refractivity contribution in [1.29, 1.82) is 0 Å². The third kappa shape index (κ3) is 2.34. The lowest BCUT2D eigenvalue weighted by molar-refractivity contribution is 0.694. The van der Waals surface area contributed by atoms with E-state index in [4.69, 9.17) is 23.2 Å². The Bertz CT molecular complexity index is 1050. The molecule has 0 unspecified atom stereocenters. The van der Waals surface area contributed by atoms with E-state index in [0.717, 1.165) is 27.9 Å². The van der Waals surface area contributed by atoms with Crippen LogP contribution in [-0.4, -0.2) is 29.4 Å². The van der Waals surface area contributed by atoms with E-state index in [1.807, 2.05) is 30.7 Å². The second-order valence-corrected chi connectivity index (χ2v) is 6.19. The summed E-state index contributed by atoms with van der Waals surface area (Å²) in [5.41, 5.74) is 3.31. The number of hydrogen-bond acceptors (Lipinski definition) is 4. The van der Waals surface area contributed by atoms with Gasteiger partial charge in [0.05, 0.1) is 17.6 Å². The first kappa shape index (κ1) is 14.4. The van der Waals surface area contributed by atoms with Gasteiger partial charge in [0.2, 0.25) is 0 Å². The van der Waals surface area contributed by atoms with Gasteiger partial charge in [-0.15, -0.1) is 0 Å². The molecule has 3 aromatic heterocycles. The van der Waals surface area contributed by atoms with Crippen molar-refractivity contribution in [2.45, 2.75) is 20.4 Å². The first-order valence-electron chi connectivity index (χ1n) is 7.02. The van der Waals surface area contributed by atoms with Crippen molar-refractivity contribution in [3.05, 3.63) is 51.7 Å². The zero-order valence-electron chi connectivity index (χ0n) is 12.5. The maximum absolute atomic E-state index is 6.26. The Kier molecular flexibility index (Phi) is 3.25. The summed E-state index contributed by atoms with van der Waals surface area (Å²) in [6.07, 6.45) is 1.65. The number of halogens is 2. The summed E-state index contributed by atoms with van der Waals surface area (Å²) >= 11 is 12.2. The van der Waals surface area contributed by atoms with E-state index in [9.17, 15) is 0 Å². The summed E-state index contributed by atoms with van der Waals surface area (Å²) in [5, 5.41) is 11.0. The van der Waals surface area contributed by atoms with Gasteiger partial charge in [-0.2, -0.15) is 10.2 Å². The topological polar surface area (TPSA) is 60.9 Å². The molecule has 0 amide bonds. The molecule has 0 aliphatic rings. The molecule has 4 aromatic rings. The number of benzene rings is 1. The van der Waals surface area contributed by atoms with Crippen LogP contribution in [0.3, 0.4) is 0 Å². The predicted molar refractivity (Wildman–Crippen MR) is 89.1 cm³/mol. The molecule has 3 heterocycles.